The molecule has 0 amide bonds. The normalized spacial score (nSPS) is 44.1. The van der Waals surface area contributed by atoms with E-state index in [-0.39, 0.29) is 6.10 Å². The Morgan fingerprint density at radius 2 is 2.12 bits per heavy atom. The molecular formula is C14H24O2. The summed E-state index contributed by atoms with van der Waals surface area (Å²) in [6.45, 7) is 0.939. The molecular weight excluding hydrogens is 200 g/mol. The highest BCUT2D eigenvalue weighted by Gasteiger charge is 2.42. The van der Waals surface area contributed by atoms with Crippen molar-refractivity contribution in [3.05, 3.63) is 0 Å². The molecule has 16 heavy (non-hydrogen) atoms. The van der Waals surface area contributed by atoms with Gasteiger partial charge in [-0.2, -0.15) is 0 Å². The maximum Gasteiger partial charge on any atom is 0.0577 e. The van der Waals surface area contributed by atoms with Crippen LogP contribution in [0.5, 0.6) is 0 Å². The second-order valence-corrected chi connectivity index (χ2v) is 6.12. The first kappa shape index (κ1) is 11.0. The van der Waals surface area contributed by atoms with Crippen molar-refractivity contribution in [3.63, 3.8) is 0 Å². The minimum Gasteiger partial charge on any atom is -0.393 e. The largest absolute Gasteiger partial charge is 0.393 e. The second kappa shape index (κ2) is 4.66. The van der Waals surface area contributed by atoms with E-state index in [9.17, 15) is 5.11 Å². The van der Waals surface area contributed by atoms with Gasteiger partial charge in [-0.1, -0.05) is 6.42 Å². The van der Waals surface area contributed by atoms with Crippen LogP contribution in [0.3, 0.4) is 0 Å². The summed E-state index contributed by atoms with van der Waals surface area (Å²) in [5, 5.41) is 10.3. The lowest BCUT2D eigenvalue weighted by atomic mass is 9.83. The Labute approximate surface area is 98.4 Å². The van der Waals surface area contributed by atoms with Crippen LogP contribution in [0.1, 0.15) is 51.4 Å². The highest BCUT2D eigenvalue weighted by atomic mass is 16.5. The monoisotopic (exact) mass is 224 g/mol. The minimum absolute atomic E-state index is 0.0421. The maximum atomic E-state index is 10.3. The van der Waals surface area contributed by atoms with Crippen molar-refractivity contribution in [2.45, 2.75) is 63.6 Å². The highest BCUT2D eigenvalue weighted by Crippen LogP contribution is 2.50. The van der Waals surface area contributed by atoms with Crippen LogP contribution in [0.4, 0.5) is 0 Å². The fourth-order valence-electron chi connectivity index (χ4n) is 4.21. The van der Waals surface area contributed by atoms with Gasteiger partial charge in [0.15, 0.2) is 0 Å². The summed E-state index contributed by atoms with van der Waals surface area (Å²) in [7, 11) is 0. The van der Waals surface area contributed by atoms with Crippen molar-refractivity contribution in [3.8, 4) is 0 Å². The average molecular weight is 224 g/mol. The van der Waals surface area contributed by atoms with Crippen molar-refractivity contribution < 1.29 is 9.84 Å². The third-order valence-corrected chi connectivity index (χ3v) is 5.10. The van der Waals surface area contributed by atoms with Crippen molar-refractivity contribution in [1.29, 1.82) is 0 Å². The lowest BCUT2D eigenvalue weighted by Gasteiger charge is -2.27. The quantitative estimate of drug-likeness (QED) is 0.795. The Morgan fingerprint density at radius 1 is 1.19 bits per heavy atom. The zero-order valence-corrected chi connectivity index (χ0v) is 10.1. The number of ether oxygens (including phenoxy) is 1. The van der Waals surface area contributed by atoms with E-state index in [0.717, 1.165) is 31.3 Å². The molecule has 0 aromatic rings. The predicted octanol–water partition coefficient (Wildman–Crippen LogP) is 2.74. The summed E-state index contributed by atoms with van der Waals surface area (Å²) < 4.78 is 5.62. The molecule has 0 spiro atoms. The van der Waals surface area contributed by atoms with Crippen molar-refractivity contribution in [2.75, 3.05) is 6.61 Å². The molecule has 5 atom stereocenters. The lowest BCUT2D eigenvalue weighted by Crippen LogP contribution is -2.26. The van der Waals surface area contributed by atoms with Gasteiger partial charge in [0.1, 0.15) is 0 Å². The topological polar surface area (TPSA) is 29.5 Å². The molecule has 1 aliphatic heterocycles. The standard InChI is InChI=1S/C14H24O2/c15-14(6-5-12-2-1-7-16-12)13-9-10-3-4-11(13)8-10/h10-15H,1-9H2. The molecule has 1 saturated heterocycles. The van der Waals surface area contributed by atoms with Gasteiger partial charge in [0, 0.05) is 6.61 Å². The summed E-state index contributed by atoms with van der Waals surface area (Å²) in [5.74, 6) is 2.43. The van der Waals surface area contributed by atoms with Gasteiger partial charge in [-0.25, -0.2) is 0 Å². The van der Waals surface area contributed by atoms with E-state index in [0.29, 0.717) is 12.0 Å². The van der Waals surface area contributed by atoms with E-state index in [1.165, 1.54) is 38.5 Å². The Balaban J connectivity index is 1.44. The van der Waals surface area contributed by atoms with E-state index in [1.54, 1.807) is 0 Å². The van der Waals surface area contributed by atoms with Crippen LogP contribution >= 0.6 is 0 Å². The number of hydrogen-bond donors (Lipinski definition) is 1. The molecule has 5 unspecified atom stereocenters. The number of hydrogen-bond acceptors (Lipinski definition) is 2. The Morgan fingerprint density at radius 3 is 2.75 bits per heavy atom. The molecule has 92 valence electrons. The van der Waals surface area contributed by atoms with Gasteiger partial charge in [-0.15, -0.1) is 0 Å². The molecule has 3 rings (SSSR count). The van der Waals surface area contributed by atoms with E-state index in [1.807, 2.05) is 0 Å². The number of aliphatic hydroxyl groups excluding tert-OH is 1. The van der Waals surface area contributed by atoms with Gasteiger partial charge in [-0.05, 0) is 62.7 Å². The number of fused-ring (bicyclic) bond motifs is 2. The van der Waals surface area contributed by atoms with Crippen LogP contribution in [-0.2, 0) is 4.74 Å². The first-order valence-electron chi connectivity index (χ1n) is 7.12. The van der Waals surface area contributed by atoms with E-state index in [4.69, 9.17) is 4.74 Å². The summed E-state index contributed by atoms with van der Waals surface area (Å²) in [5.41, 5.74) is 0. The molecule has 2 saturated carbocycles. The molecule has 2 bridgehead atoms. The van der Waals surface area contributed by atoms with Gasteiger partial charge in [0.2, 0.25) is 0 Å². The zero-order chi connectivity index (χ0) is 11.0. The summed E-state index contributed by atoms with van der Waals surface area (Å²) in [4.78, 5) is 0. The van der Waals surface area contributed by atoms with Crippen molar-refractivity contribution in [1.82, 2.24) is 0 Å². The molecule has 2 heteroatoms. The van der Waals surface area contributed by atoms with E-state index < -0.39 is 0 Å². The van der Waals surface area contributed by atoms with Crippen LogP contribution in [-0.4, -0.2) is 23.9 Å². The highest BCUT2D eigenvalue weighted by molar-refractivity contribution is 4.93. The van der Waals surface area contributed by atoms with Crippen LogP contribution in [0.2, 0.25) is 0 Å². The molecule has 0 aromatic heterocycles. The Kier molecular flexibility index (Phi) is 3.21. The molecule has 1 N–H and O–H groups in total. The Bertz CT molecular complexity index is 235. The molecule has 0 radical (unpaired) electrons. The second-order valence-electron chi connectivity index (χ2n) is 6.12. The summed E-state index contributed by atoms with van der Waals surface area (Å²) >= 11 is 0. The third kappa shape index (κ3) is 2.14. The van der Waals surface area contributed by atoms with Crippen LogP contribution in [0, 0.1) is 17.8 Å². The third-order valence-electron chi connectivity index (χ3n) is 5.10. The van der Waals surface area contributed by atoms with Crippen molar-refractivity contribution >= 4 is 0 Å². The van der Waals surface area contributed by atoms with Crippen molar-refractivity contribution in [2.24, 2.45) is 17.8 Å². The first-order valence-corrected chi connectivity index (χ1v) is 7.12. The molecule has 3 fully saturated rings. The molecule has 2 nitrogen and oxygen atoms in total. The first-order chi connectivity index (χ1) is 7.83. The lowest BCUT2D eigenvalue weighted by molar-refractivity contribution is 0.0416. The molecule has 1 heterocycles. The predicted molar refractivity (Wildman–Crippen MR) is 63.2 cm³/mol. The number of aliphatic hydroxyl groups is 1. The smallest absolute Gasteiger partial charge is 0.0577 e. The zero-order valence-electron chi connectivity index (χ0n) is 10.1. The maximum absolute atomic E-state index is 10.3. The average Bonchev–Trinajstić information content (AvgIpc) is 3.01. The van der Waals surface area contributed by atoms with Crippen LogP contribution < -0.4 is 0 Å². The van der Waals surface area contributed by atoms with E-state index in [2.05, 4.69) is 0 Å². The molecule has 2 aliphatic carbocycles. The van der Waals surface area contributed by atoms with Gasteiger partial charge < -0.3 is 9.84 Å². The SMILES string of the molecule is OC(CCC1CCCO1)C1CC2CCC1C2. The van der Waals surface area contributed by atoms with Crippen LogP contribution in [0.15, 0.2) is 0 Å². The minimum atomic E-state index is -0.0421. The fourth-order valence-corrected chi connectivity index (χ4v) is 4.21. The molecule has 3 aliphatic rings. The van der Waals surface area contributed by atoms with Gasteiger partial charge in [0.05, 0.1) is 12.2 Å². The van der Waals surface area contributed by atoms with E-state index >= 15 is 0 Å². The van der Waals surface area contributed by atoms with Gasteiger partial charge in [0.25, 0.3) is 0 Å². The fraction of sp³-hybridized carbons (Fsp3) is 1.00. The van der Waals surface area contributed by atoms with Gasteiger partial charge >= 0.3 is 0 Å². The van der Waals surface area contributed by atoms with Gasteiger partial charge in [-0.3, -0.25) is 0 Å². The van der Waals surface area contributed by atoms with Crippen LogP contribution in [0.25, 0.3) is 0 Å². The summed E-state index contributed by atoms with van der Waals surface area (Å²) in [6, 6.07) is 0. The Hall–Kier alpha value is -0.0800. The molecule has 0 aromatic carbocycles. The number of rotatable bonds is 4. The summed E-state index contributed by atoms with van der Waals surface area (Å²) in [6.07, 6.45) is 10.4.